The molecule has 0 saturated heterocycles. The van der Waals surface area contributed by atoms with Crippen LogP contribution >= 0.6 is 27.3 Å². The lowest BCUT2D eigenvalue weighted by atomic mass is 10.0. The molecule has 2 aromatic carbocycles. The molecule has 30 heavy (non-hydrogen) atoms. The Morgan fingerprint density at radius 1 is 1.17 bits per heavy atom. The number of nitrogens with one attached hydrogen (secondary N) is 1. The van der Waals surface area contributed by atoms with E-state index in [-0.39, 0.29) is 12.5 Å². The second-order valence-electron chi connectivity index (χ2n) is 7.09. The zero-order valence-electron chi connectivity index (χ0n) is 17.3. The zero-order valence-corrected chi connectivity index (χ0v) is 19.7. The molecule has 1 N–H and O–H groups in total. The van der Waals surface area contributed by atoms with Crippen molar-refractivity contribution >= 4 is 38.3 Å². The van der Waals surface area contributed by atoms with Gasteiger partial charge in [0.2, 0.25) is 0 Å². The van der Waals surface area contributed by atoms with Crippen molar-refractivity contribution in [3.63, 3.8) is 0 Å². The molecule has 3 rings (SSSR count). The molecule has 7 heteroatoms. The highest BCUT2D eigenvalue weighted by molar-refractivity contribution is 9.10. The van der Waals surface area contributed by atoms with Crippen LogP contribution in [0.3, 0.4) is 0 Å². The number of amides is 1. The molecule has 0 atom stereocenters. The lowest BCUT2D eigenvalue weighted by Crippen LogP contribution is -2.20. The Morgan fingerprint density at radius 3 is 2.60 bits per heavy atom. The third-order valence-corrected chi connectivity index (χ3v) is 5.73. The van der Waals surface area contributed by atoms with Crippen LogP contribution in [0.4, 0.5) is 5.13 Å². The van der Waals surface area contributed by atoms with E-state index in [0.717, 1.165) is 27.9 Å². The number of hydrogen-bond acceptors (Lipinski definition) is 5. The van der Waals surface area contributed by atoms with E-state index >= 15 is 0 Å². The number of nitrogens with zero attached hydrogens (tertiary/aromatic N) is 1. The topological polar surface area (TPSA) is 60.5 Å². The molecule has 0 aliphatic rings. The summed E-state index contributed by atoms with van der Waals surface area (Å²) in [5.74, 6) is 1.66. The van der Waals surface area contributed by atoms with Crippen molar-refractivity contribution in [1.82, 2.24) is 4.98 Å². The Labute approximate surface area is 189 Å². The molecule has 1 heterocycles. The molecule has 0 aliphatic carbocycles. The van der Waals surface area contributed by atoms with Crippen molar-refractivity contribution < 1.29 is 14.3 Å². The summed E-state index contributed by atoms with van der Waals surface area (Å²) in [4.78, 5) is 16.8. The molecule has 158 valence electrons. The van der Waals surface area contributed by atoms with E-state index in [2.05, 4.69) is 47.0 Å². The average molecular weight is 489 g/mol. The van der Waals surface area contributed by atoms with Crippen LogP contribution < -0.4 is 14.8 Å². The Balaban J connectivity index is 1.55. The van der Waals surface area contributed by atoms with Crippen molar-refractivity contribution in [3.05, 3.63) is 57.9 Å². The second-order valence-corrected chi connectivity index (χ2v) is 8.80. The molecular weight excluding hydrogens is 464 g/mol. The normalized spacial score (nSPS) is 10.8. The van der Waals surface area contributed by atoms with Gasteiger partial charge in [0, 0.05) is 10.9 Å². The lowest BCUT2D eigenvalue weighted by Gasteiger charge is -2.11. The third kappa shape index (κ3) is 6.06. The summed E-state index contributed by atoms with van der Waals surface area (Å²) in [5, 5.41) is 5.25. The van der Waals surface area contributed by atoms with Crippen LogP contribution in [0.15, 0.2) is 52.3 Å². The number of halogens is 1. The molecule has 0 unspecified atom stereocenters. The van der Waals surface area contributed by atoms with Crippen LogP contribution in [0.25, 0.3) is 11.3 Å². The monoisotopic (exact) mass is 488 g/mol. The maximum absolute atomic E-state index is 12.3. The smallest absolute Gasteiger partial charge is 0.264 e. The van der Waals surface area contributed by atoms with Crippen molar-refractivity contribution in [2.24, 2.45) is 0 Å². The average Bonchev–Trinajstić information content (AvgIpc) is 3.20. The maximum Gasteiger partial charge on any atom is 0.264 e. The number of ether oxygens (including phenoxy) is 2. The summed E-state index contributed by atoms with van der Waals surface area (Å²) in [6.45, 7) is 6.95. The third-order valence-electron chi connectivity index (χ3n) is 4.35. The minimum atomic E-state index is -0.251. The molecule has 0 saturated carbocycles. The Hall–Kier alpha value is -2.38. The first kappa shape index (κ1) is 22.3. The van der Waals surface area contributed by atoms with Crippen LogP contribution in [0.1, 0.15) is 38.7 Å². The van der Waals surface area contributed by atoms with Crippen LogP contribution in [-0.4, -0.2) is 24.1 Å². The summed E-state index contributed by atoms with van der Waals surface area (Å²) < 4.78 is 12.1. The number of rotatable bonds is 9. The molecule has 5 nitrogen and oxygen atoms in total. The van der Waals surface area contributed by atoms with Crippen molar-refractivity contribution in [2.45, 2.75) is 33.1 Å². The van der Waals surface area contributed by atoms with Crippen molar-refractivity contribution in [3.8, 4) is 22.8 Å². The molecule has 3 aromatic rings. The lowest BCUT2D eigenvalue weighted by molar-refractivity contribution is -0.118. The number of thiazole rings is 1. The first-order chi connectivity index (χ1) is 14.5. The van der Waals surface area contributed by atoms with Crippen molar-refractivity contribution in [2.75, 3.05) is 18.5 Å². The molecular formula is C23H25BrN2O3S. The highest BCUT2D eigenvalue weighted by Gasteiger charge is 2.11. The Kier molecular flexibility index (Phi) is 7.87. The van der Waals surface area contributed by atoms with E-state index in [1.807, 2.05) is 47.8 Å². The van der Waals surface area contributed by atoms with Gasteiger partial charge in [-0.25, -0.2) is 4.98 Å². The van der Waals surface area contributed by atoms with E-state index in [1.165, 1.54) is 16.9 Å². The first-order valence-electron chi connectivity index (χ1n) is 9.87. The molecule has 1 aromatic heterocycles. The van der Waals surface area contributed by atoms with Gasteiger partial charge in [0.05, 0.1) is 16.8 Å². The first-order valence-corrected chi connectivity index (χ1v) is 11.5. The van der Waals surface area contributed by atoms with E-state index in [0.29, 0.717) is 23.4 Å². The summed E-state index contributed by atoms with van der Waals surface area (Å²) in [6.07, 6.45) is 0.973. The molecule has 0 spiro atoms. The van der Waals surface area contributed by atoms with Crippen molar-refractivity contribution in [1.29, 1.82) is 0 Å². The summed E-state index contributed by atoms with van der Waals surface area (Å²) in [6, 6.07) is 13.7. The summed E-state index contributed by atoms with van der Waals surface area (Å²) >= 11 is 4.89. The maximum atomic E-state index is 12.3. The highest BCUT2D eigenvalue weighted by atomic mass is 79.9. The van der Waals surface area contributed by atoms with E-state index in [4.69, 9.17) is 9.47 Å². The van der Waals surface area contributed by atoms with Gasteiger partial charge in [-0.3, -0.25) is 10.1 Å². The summed E-state index contributed by atoms with van der Waals surface area (Å²) in [5.41, 5.74) is 2.99. The number of anilines is 1. The molecule has 0 fully saturated rings. The van der Waals surface area contributed by atoms with Gasteiger partial charge in [0.15, 0.2) is 11.7 Å². The molecule has 0 radical (unpaired) electrons. The minimum absolute atomic E-state index is 0.0853. The van der Waals surface area contributed by atoms with Gasteiger partial charge in [-0.1, -0.05) is 26.8 Å². The predicted octanol–water partition coefficient (Wildman–Crippen LogP) is 6.50. The fraction of sp³-hybridized carbons (Fsp3) is 0.304. The van der Waals surface area contributed by atoms with Crippen LogP contribution in [-0.2, 0) is 4.79 Å². The SMILES string of the molecule is CCCOc1ccc(-c2csc(NC(=O)COc3ccc(C(C)C)cc3Br)n2)cc1. The highest BCUT2D eigenvalue weighted by Crippen LogP contribution is 2.29. The quantitative estimate of drug-likeness (QED) is 0.373. The van der Waals surface area contributed by atoms with Gasteiger partial charge in [0.1, 0.15) is 11.5 Å². The molecule has 1 amide bonds. The number of carbonyl (C=O) groups is 1. The predicted molar refractivity (Wildman–Crippen MR) is 126 cm³/mol. The number of hydrogen-bond donors (Lipinski definition) is 1. The number of aromatic nitrogens is 1. The molecule has 0 bridgehead atoms. The van der Waals surface area contributed by atoms with Gasteiger partial charge in [-0.05, 0) is 70.2 Å². The minimum Gasteiger partial charge on any atom is -0.494 e. The fourth-order valence-corrected chi connectivity index (χ4v) is 3.94. The van der Waals surface area contributed by atoms with Gasteiger partial charge in [-0.2, -0.15) is 0 Å². The number of carbonyl (C=O) groups excluding carboxylic acids is 1. The Morgan fingerprint density at radius 2 is 1.93 bits per heavy atom. The standard InChI is InChI=1S/C23H25BrN2O3S/c1-4-11-28-18-8-5-16(6-9-18)20-14-30-23(25-20)26-22(27)13-29-21-10-7-17(15(2)3)12-19(21)24/h5-10,12,14-15H,4,11,13H2,1-3H3,(H,25,26,27). The van der Waals surface area contributed by atoms with Gasteiger partial charge in [-0.15, -0.1) is 11.3 Å². The molecule has 0 aliphatic heterocycles. The second kappa shape index (κ2) is 10.6. The summed E-state index contributed by atoms with van der Waals surface area (Å²) in [7, 11) is 0. The number of benzene rings is 2. The van der Waals surface area contributed by atoms with Gasteiger partial charge >= 0.3 is 0 Å². The largest absolute Gasteiger partial charge is 0.494 e. The van der Waals surface area contributed by atoms with Gasteiger partial charge in [0.25, 0.3) is 5.91 Å². The van der Waals surface area contributed by atoms with Crippen LogP contribution in [0, 0.1) is 0 Å². The van der Waals surface area contributed by atoms with Crippen LogP contribution in [0.2, 0.25) is 0 Å². The van der Waals surface area contributed by atoms with Gasteiger partial charge < -0.3 is 9.47 Å². The van der Waals surface area contributed by atoms with E-state index in [9.17, 15) is 4.79 Å². The zero-order chi connectivity index (χ0) is 21.5. The fourth-order valence-electron chi connectivity index (χ4n) is 2.70. The van der Waals surface area contributed by atoms with E-state index in [1.54, 1.807) is 0 Å². The Bertz CT molecular complexity index is 986. The van der Waals surface area contributed by atoms with Crippen LogP contribution in [0.5, 0.6) is 11.5 Å². The van der Waals surface area contributed by atoms with E-state index < -0.39 is 0 Å².